The molecule has 0 unspecified atom stereocenters. The van der Waals surface area contributed by atoms with Crippen molar-refractivity contribution in [3.8, 4) is 11.3 Å². The van der Waals surface area contributed by atoms with E-state index in [9.17, 15) is 8.78 Å². The molecular formula is C10H5BrF2N2. The Morgan fingerprint density at radius 3 is 2.53 bits per heavy atom. The Hall–Kier alpha value is -1.36. The lowest BCUT2D eigenvalue weighted by molar-refractivity contribution is 0.600. The van der Waals surface area contributed by atoms with Gasteiger partial charge in [-0.2, -0.15) is 0 Å². The van der Waals surface area contributed by atoms with Gasteiger partial charge in [-0.05, 0) is 28.1 Å². The molecule has 0 saturated heterocycles. The monoisotopic (exact) mass is 270 g/mol. The van der Waals surface area contributed by atoms with Gasteiger partial charge in [0.1, 0.15) is 22.4 Å². The Morgan fingerprint density at radius 2 is 1.80 bits per heavy atom. The lowest BCUT2D eigenvalue weighted by Crippen LogP contribution is -1.95. The molecule has 2 rings (SSSR count). The number of halogens is 3. The summed E-state index contributed by atoms with van der Waals surface area (Å²) in [6.07, 6.45) is 1.18. The summed E-state index contributed by atoms with van der Waals surface area (Å²) in [5.74, 6) is -1.18. The summed E-state index contributed by atoms with van der Waals surface area (Å²) < 4.78 is 26.9. The fourth-order valence-electron chi connectivity index (χ4n) is 1.19. The minimum absolute atomic E-state index is 0.0238. The van der Waals surface area contributed by atoms with Gasteiger partial charge in [0.15, 0.2) is 5.82 Å². The van der Waals surface area contributed by atoms with Crippen LogP contribution in [0.1, 0.15) is 0 Å². The molecule has 15 heavy (non-hydrogen) atoms. The van der Waals surface area contributed by atoms with Gasteiger partial charge in [0.25, 0.3) is 0 Å². The Labute approximate surface area is 93.1 Å². The molecular weight excluding hydrogens is 266 g/mol. The van der Waals surface area contributed by atoms with Crippen molar-refractivity contribution in [1.82, 2.24) is 9.97 Å². The molecule has 1 heterocycles. The fraction of sp³-hybridized carbons (Fsp3) is 0. The summed E-state index contributed by atoms with van der Waals surface area (Å²) >= 11 is 2.92. The van der Waals surface area contributed by atoms with Gasteiger partial charge in [0.2, 0.25) is 0 Å². The van der Waals surface area contributed by atoms with Gasteiger partial charge in [0.05, 0.1) is 0 Å². The molecule has 5 heteroatoms. The minimum atomic E-state index is -0.664. The van der Waals surface area contributed by atoms with Gasteiger partial charge in [0, 0.05) is 5.56 Å². The molecule has 0 spiro atoms. The minimum Gasteiger partial charge on any atom is -0.233 e. The molecule has 0 radical (unpaired) electrons. The number of benzene rings is 1. The van der Waals surface area contributed by atoms with E-state index in [-0.39, 0.29) is 15.9 Å². The van der Waals surface area contributed by atoms with Crippen LogP contribution in [0.25, 0.3) is 11.3 Å². The number of nitrogens with zero attached hydrogens (tertiary/aromatic N) is 2. The molecule has 0 atom stereocenters. The average molecular weight is 271 g/mol. The quantitative estimate of drug-likeness (QED) is 0.744. The van der Waals surface area contributed by atoms with Crippen LogP contribution in [0.2, 0.25) is 0 Å². The van der Waals surface area contributed by atoms with Gasteiger partial charge in [-0.1, -0.05) is 12.1 Å². The molecule has 0 bridgehead atoms. The summed E-state index contributed by atoms with van der Waals surface area (Å²) in [6, 6.07) is 5.87. The molecule has 0 amide bonds. The van der Waals surface area contributed by atoms with Gasteiger partial charge < -0.3 is 0 Å². The van der Waals surface area contributed by atoms with Crippen LogP contribution in [0.5, 0.6) is 0 Å². The number of hydrogen-bond acceptors (Lipinski definition) is 2. The summed E-state index contributed by atoms with van der Waals surface area (Å²) in [4.78, 5) is 7.32. The third kappa shape index (κ3) is 1.87. The third-order valence-corrected chi connectivity index (χ3v) is 2.43. The maximum atomic E-state index is 13.5. The topological polar surface area (TPSA) is 25.8 Å². The first-order valence-corrected chi connectivity index (χ1v) is 4.90. The predicted octanol–water partition coefficient (Wildman–Crippen LogP) is 3.18. The van der Waals surface area contributed by atoms with Crippen molar-refractivity contribution in [3.05, 3.63) is 46.8 Å². The van der Waals surface area contributed by atoms with Crippen molar-refractivity contribution < 1.29 is 8.78 Å². The first kappa shape index (κ1) is 10.2. The molecule has 76 valence electrons. The third-order valence-electron chi connectivity index (χ3n) is 1.88. The largest absolute Gasteiger partial charge is 0.233 e. The first-order chi connectivity index (χ1) is 7.20. The van der Waals surface area contributed by atoms with E-state index >= 15 is 0 Å². The van der Waals surface area contributed by atoms with Crippen molar-refractivity contribution in [3.63, 3.8) is 0 Å². The van der Waals surface area contributed by atoms with Crippen molar-refractivity contribution in [2.75, 3.05) is 0 Å². The number of hydrogen-bond donors (Lipinski definition) is 0. The molecule has 1 aromatic carbocycles. The van der Waals surface area contributed by atoms with Crippen LogP contribution >= 0.6 is 15.9 Å². The van der Waals surface area contributed by atoms with Crippen LogP contribution in [-0.2, 0) is 0 Å². The smallest absolute Gasteiger partial charge is 0.182 e. The lowest BCUT2D eigenvalue weighted by Gasteiger charge is -2.03. The first-order valence-electron chi connectivity index (χ1n) is 4.11. The van der Waals surface area contributed by atoms with Crippen molar-refractivity contribution in [1.29, 1.82) is 0 Å². The van der Waals surface area contributed by atoms with Crippen LogP contribution < -0.4 is 0 Å². The molecule has 0 saturated carbocycles. The second kappa shape index (κ2) is 4.02. The van der Waals surface area contributed by atoms with Gasteiger partial charge >= 0.3 is 0 Å². The maximum absolute atomic E-state index is 13.5. The fourth-order valence-corrected chi connectivity index (χ4v) is 1.47. The molecule has 1 aromatic heterocycles. The van der Waals surface area contributed by atoms with Crippen molar-refractivity contribution >= 4 is 15.9 Å². The highest BCUT2D eigenvalue weighted by molar-refractivity contribution is 9.10. The Balaban J connectivity index is 2.65. The SMILES string of the molecule is Fc1ccccc1-c1ncnc(Br)c1F. The summed E-state index contributed by atoms with van der Waals surface area (Å²) in [5, 5.41) is 0. The van der Waals surface area contributed by atoms with Crippen LogP contribution in [0.4, 0.5) is 8.78 Å². The zero-order valence-electron chi connectivity index (χ0n) is 7.42. The van der Waals surface area contributed by atoms with Crippen molar-refractivity contribution in [2.24, 2.45) is 0 Å². The Bertz CT molecular complexity index is 503. The highest BCUT2D eigenvalue weighted by Gasteiger charge is 2.13. The van der Waals surface area contributed by atoms with E-state index in [4.69, 9.17) is 0 Å². The standard InChI is InChI=1S/C10H5BrF2N2/c11-10-8(13)9(14-5-15-10)6-3-1-2-4-7(6)12/h1-5H. The summed E-state index contributed by atoms with van der Waals surface area (Å²) in [6.45, 7) is 0. The molecule has 0 aliphatic heterocycles. The Kier molecular flexibility index (Phi) is 2.73. The molecule has 2 nitrogen and oxygen atoms in total. The van der Waals surface area contributed by atoms with E-state index < -0.39 is 11.6 Å². The Morgan fingerprint density at radius 1 is 1.07 bits per heavy atom. The second-order valence-electron chi connectivity index (χ2n) is 2.81. The maximum Gasteiger partial charge on any atom is 0.182 e. The van der Waals surface area contributed by atoms with E-state index in [1.165, 1.54) is 24.5 Å². The lowest BCUT2D eigenvalue weighted by atomic mass is 10.1. The number of aromatic nitrogens is 2. The highest BCUT2D eigenvalue weighted by atomic mass is 79.9. The summed E-state index contributed by atoms with van der Waals surface area (Å²) in [5.41, 5.74) is 0.0769. The highest BCUT2D eigenvalue weighted by Crippen LogP contribution is 2.25. The number of rotatable bonds is 1. The zero-order valence-corrected chi connectivity index (χ0v) is 9.00. The molecule has 0 fully saturated rings. The molecule has 0 N–H and O–H groups in total. The predicted molar refractivity (Wildman–Crippen MR) is 55.1 cm³/mol. The molecule has 2 aromatic rings. The molecule has 0 aliphatic carbocycles. The molecule has 0 aliphatic rings. The van der Waals surface area contributed by atoms with E-state index in [1.807, 2.05) is 0 Å². The van der Waals surface area contributed by atoms with Crippen LogP contribution in [0, 0.1) is 11.6 Å². The normalized spacial score (nSPS) is 10.3. The summed E-state index contributed by atoms with van der Waals surface area (Å²) in [7, 11) is 0. The van der Waals surface area contributed by atoms with Crippen LogP contribution in [0.3, 0.4) is 0 Å². The van der Waals surface area contributed by atoms with E-state index in [0.717, 1.165) is 0 Å². The van der Waals surface area contributed by atoms with E-state index in [0.29, 0.717) is 0 Å². The van der Waals surface area contributed by atoms with Crippen molar-refractivity contribution in [2.45, 2.75) is 0 Å². The zero-order chi connectivity index (χ0) is 10.8. The van der Waals surface area contributed by atoms with E-state index in [2.05, 4.69) is 25.9 Å². The van der Waals surface area contributed by atoms with Gasteiger partial charge in [-0.3, -0.25) is 0 Å². The average Bonchev–Trinajstić information content (AvgIpc) is 2.23. The van der Waals surface area contributed by atoms with Crippen LogP contribution in [-0.4, -0.2) is 9.97 Å². The van der Waals surface area contributed by atoms with Crippen LogP contribution in [0.15, 0.2) is 35.2 Å². The van der Waals surface area contributed by atoms with E-state index in [1.54, 1.807) is 6.07 Å². The second-order valence-corrected chi connectivity index (χ2v) is 3.56. The van der Waals surface area contributed by atoms with Gasteiger partial charge in [-0.15, -0.1) is 0 Å². The van der Waals surface area contributed by atoms with Gasteiger partial charge in [-0.25, -0.2) is 18.7 Å².